The first-order valence-electron chi connectivity index (χ1n) is 19.0. The zero-order chi connectivity index (χ0) is 39.1. The van der Waals surface area contributed by atoms with E-state index in [1.54, 1.807) is 0 Å². The molecule has 57 heavy (non-hydrogen) atoms. The van der Waals surface area contributed by atoms with Crippen LogP contribution in [0.5, 0.6) is 0 Å². The zero-order valence-electron chi connectivity index (χ0n) is 31.9. The number of anilines is 6. The first-order valence-corrected chi connectivity index (χ1v) is 19.0. The van der Waals surface area contributed by atoms with Gasteiger partial charge in [0.1, 0.15) is 11.2 Å². The van der Waals surface area contributed by atoms with Gasteiger partial charge in [0, 0.05) is 44.0 Å². The van der Waals surface area contributed by atoms with Crippen molar-refractivity contribution in [2.24, 2.45) is 0 Å². The van der Waals surface area contributed by atoms with Crippen LogP contribution in [0.15, 0.2) is 154 Å². The molecular formula is C50H36N4O3. The maximum Gasteiger partial charge on any atom is 0.230 e. The molecule has 0 radical (unpaired) electrons. The van der Waals surface area contributed by atoms with E-state index in [9.17, 15) is 5.26 Å². The number of nitrogens with zero attached hydrogens (tertiary/aromatic N) is 4. The van der Waals surface area contributed by atoms with Crippen molar-refractivity contribution in [3.8, 4) is 6.07 Å². The largest absolute Gasteiger partial charge is 0.454 e. The number of rotatable bonds is 6. The van der Waals surface area contributed by atoms with E-state index in [4.69, 9.17) is 20.1 Å². The minimum Gasteiger partial charge on any atom is -0.454 e. The maximum atomic E-state index is 11.5. The Morgan fingerprint density at radius 1 is 0.526 bits per heavy atom. The van der Waals surface area contributed by atoms with Crippen molar-refractivity contribution in [2.45, 2.75) is 38.9 Å². The molecule has 0 amide bonds. The lowest BCUT2D eigenvalue weighted by Gasteiger charge is -2.35. The standard InChI is InChI=1S/C50H36N4O3/c1-49(2)42-43(50(3,4)57-49)46(54(32-20-10-7-11-21-32)39-27-17-25-36-34-23-13-15-29-41(34)56-48(36)39)44(52-5)37(30-51)45(42)53(31-18-8-6-9-19-31)38-26-16-24-35-33-22-12-14-28-40(33)55-47(35)38/h6-29H,1-4H3. The summed E-state index contributed by atoms with van der Waals surface area (Å²) >= 11 is 0. The Labute approximate surface area is 330 Å². The molecule has 0 aliphatic carbocycles. The summed E-state index contributed by atoms with van der Waals surface area (Å²) in [5.41, 5.74) is 7.33. The third-order valence-corrected chi connectivity index (χ3v) is 11.1. The van der Waals surface area contributed by atoms with E-state index >= 15 is 0 Å². The molecule has 0 saturated heterocycles. The van der Waals surface area contributed by atoms with E-state index in [1.165, 1.54) is 0 Å². The Kier molecular flexibility index (Phi) is 7.56. The molecule has 9 aromatic rings. The number of hydrogen-bond acceptors (Lipinski definition) is 6. The SMILES string of the molecule is [C-]#[N+]c1c(C#N)c(N(c2ccccc2)c2cccc3c2oc2ccccc23)c2c(c1N(c1ccccc1)c1cccc3c1oc1ccccc13)C(C)(C)OC2(C)C. The van der Waals surface area contributed by atoms with Crippen LogP contribution in [0.1, 0.15) is 44.4 Å². The Bertz CT molecular complexity index is 2930. The highest BCUT2D eigenvalue weighted by Gasteiger charge is 2.51. The number of furan rings is 2. The van der Waals surface area contributed by atoms with Crippen molar-refractivity contribution in [1.29, 1.82) is 5.26 Å². The molecule has 274 valence electrons. The molecule has 0 unspecified atom stereocenters. The van der Waals surface area contributed by atoms with Gasteiger partial charge in [-0.05, 0) is 76.2 Å². The van der Waals surface area contributed by atoms with E-state index in [-0.39, 0.29) is 11.3 Å². The highest BCUT2D eigenvalue weighted by molar-refractivity contribution is 6.13. The second kappa shape index (κ2) is 12.6. The van der Waals surface area contributed by atoms with Crippen molar-refractivity contribution in [1.82, 2.24) is 0 Å². The fourth-order valence-corrected chi connectivity index (χ4v) is 9.03. The van der Waals surface area contributed by atoms with Gasteiger partial charge in [-0.3, -0.25) is 0 Å². The number of fused-ring (bicyclic) bond motifs is 7. The van der Waals surface area contributed by atoms with E-state index < -0.39 is 11.2 Å². The summed E-state index contributed by atoms with van der Waals surface area (Å²) in [6.07, 6.45) is 0. The molecule has 0 fully saturated rings. The van der Waals surface area contributed by atoms with Crippen molar-refractivity contribution in [2.75, 3.05) is 9.80 Å². The minimum absolute atomic E-state index is 0.204. The van der Waals surface area contributed by atoms with Crippen LogP contribution in [0.3, 0.4) is 0 Å². The zero-order valence-corrected chi connectivity index (χ0v) is 31.9. The smallest absolute Gasteiger partial charge is 0.230 e. The molecule has 0 bridgehead atoms. The average Bonchev–Trinajstić information content (AvgIpc) is 3.86. The Morgan fingerprint density at radius 3 is 1.42 bits per heavy atom. The predicted molar refractivity (Wildman–Crippen MR) is 228 cm³/mol. The fourth-order valence-electron chi connectivity index (χ4n) is 9.03. The van der Waals surface area contributed by atoms with E-state index in [1.807, 2.05) is 149 Å². The second-order valence-corrected chi connectivity index (χ2v) is 15.4. The topological polar surface area (TPSA) is 70.1 Å². The van der Waals surface area contributed by atoms with Crippen LogP contribution in [0.4, 0.5) is 39.8 Å². The normalized spacial score (nSPS) is 14.1. The number of nitriles is 1. The summed E-state index contributed by atoms with van der Waals surface area (Å²) in [4.78, 5) is 8.47. The first-order chi connectivity index (χ1) is 27.7. The van der Waals surface area contributed by atoms with Gasteiger partial charge in [-0.1, -0.05) is 97.1 Å². The Morgan fingerprint density at radius 2 is 0.947 bits per heavy atom. The third kappa shape index (κ3) is 5.07. The molecule has 10 rings (SSSR count). The summed E-state index contributed by atoms with van der Waals surface area (Å²) in [5, 5.41) is 15.4. The van der Waals surface area contributed by atoms with Crippen molar-refractivity contribution in [3.05, 3.63) is 174 Å². The molecule has 3 heterocycles. The Balaban J connectivity index is 1.37. The summed E-state index contributed by atoms with van der Waals surface area (Å²) in [6.45, 7) is 17.2. The summed E-state index contributed by atoms with van der Waals surface area (Å²) in [6, 6.07) is 50.7. The van der Waals surface area contributed by atoms with Crippen LogP contribution in [0.2, 0.25) is 0 Å². The number of benzene rings is 7. The molecule has 7 heteroatoms. The number of ether oxygens (including phenoxy) is 1. The fraction of sp³-hybridized carbons (Fsp3) is 0.120. The number of hydrogen-bond donors (Lipinski definition) is 0. The van der Waals surface area contributed by atoms with E-state index in [0.717, 1.165) is 66.6 Å². The van der Waals surface area contributed by atoms with Crippen LogP contribution in [-0.4, -0.2) is 0 Å². The van der Waals surface area contributed by atoms with Gasteiger partial charge in [-0.25, -0.2) is 4.85 Å². The van der Waals surface area contributed by atoms with Crippen molar-refractivity contribution in [3.63, 3.8) is 0 Å². The minimum atomic E-state index is -0.919. The van der Waals surface area contributed by atoms with Gasteiger partial charge in [0.25, 0.3) is 0 Å². The quantitative estimate of drug-likeness (QED) is 0.158. The summed E-state index contributed by atoms with van der Waals surface area (Å²) in [7, 11) is 0. The van der Waals surface area contributed by atoms with Gasteiger partial charge in [0.05, 0.1) is 52.2 Å². The molecule has 1 aliphatic heterocycles. The molecule has 0 spiro atoms. The van der Waals surface area contributed by atoms with Gasteiger partial charge in [-0.15, -0.1) is 0 Å². The van der Waals surface area contributed by atoms with E-state index in [0.29, 0.717) is 22.5 Å². The molecule has 0 saturated carbocycles. The molecule has 0 atom stereocenters. The summed E-state index contributed by atoms with van der Waals surface area (Å²) < 4.78 is 20.4. The molecule has 7 aromatic carbocycles. The highest BCUT2D eigenvalue weighted by atomic mass is 16.5. The lowest BCUT2D eigenvalue weighted by molar-refractivity contribution is -0.104. The van der Waals surface area contributed by atoms with Gasteiger partial charge in [-0.2, -0.15) is 5.26 Å². The molecular weight excluding hydrogens is 705 g/mol. The van der Waals surface area contributed by atoms with Gasteiger partial charge >= 0.3 is 0 Å². The van der Waals surface area contributed by atoms with Crippen molar-refractivity contribution < 1.29 is 13.6 Å². The maximum absolute atomic E-state index is 11.5. The molecule has 2 aromatic heterocycles. The first kappa shape index (κ1) is 34.2. The third-order valence-electron chi connectivity index (χ3n) is 11.1. The van der Waals surface area contributed by atoms with Crippen LogP contribution in [-0.2, 0) is 15.9 Å². The average molecular weight is 741 g/mol. The predicted octanol–water partition coefficient (Wildman–Crippen LogP) is 14.3. The van der Waals surface area contributed by atoms with Crippen LogP contribution in [0, 0.1) is 17.9 Å². The van der Waals surface area contributed by atoms with Gasteiger partial charge in [0.2, 0.25) is 5.69 Å². The summed E-state index contributed by atoms with van der Waals surface area (Å²) in [5.74, 6) is 0. The van der Waals surface area contributed by atoms with Crippen LogP contribution >= 0.6 is 0 Å². The molecule has 0 N–H and O–H groups in total. The lowest BCUT2D eigenvalue weighted by Crippen LogP contribution is -2.24. The highest BCUT2D eigenvalue weighted by Crippen LogP contribution is 2.62. The molecule has 7 nitrogen and oxygen atoms in total. The van der Waals surface area contributed by atoms with Crippen LogP contribution in [0.25, 0.3) is 48.7 Å². The Hall–Kier alpha value is -7.32. The second-order valence-electron chi connectivity index (χ2n) is 15.4. The van der Waals surface area contributed by atoms with Crippen molar-refractivity contribution >= 4 is 83.7 Å². The molecule has 1 aliphatic rings. The van der Waals surface area contributed by atoms with Crippen LogP contribution < -0.4 is 9.80 Å². The van der Waals surface area contributed by atoms with Gasteiger partial charge in [0.15, 0.2) is 11.2 Å². The van der Waals surface area contributed by atoms with E-state index in [2.05, 4.69) is 45.0 Å². The number of para-hydroxylation sites is 6. The lowest BCUT2D eigenvalue weighted by atomic mass is 9.83. The monoisotopic (exact) mass is 740 g/mol. The van der Waals surface area contributed by atoms with Gasteiger partial charge < -0.3 is 23.4 Å².